The Bertz CT molecular complexity index is 415. The molecule has 1 aliphatic carbocycles. The summed E-state index contributed by atoms with van der Waals surface area (Å²) in [6.45, 7) is 7.68. The molecule has 94 valence electrons. The first-order valence-electron chi connectivity index (χ1n) is 6.14. The van der Waals surface area contributed by atoms with Gasteiger partial charge >= 0.3 is 0 Å². The fourth-order valence-electron chi connectivity index (χ4n) is 2.52. The van der Waals surface area contributed by atoms with E-state index >= 15 is 0 Å². The molecule has 1 nitrogen and oxygen atoms in total. The van der Waals surface area contributed by atoms with Crippen LogP contribution in [-0.2, 0) is 0 Å². The highest BCUT2D eigenvalue weighted by atomic mass is 35.5. The summed E-state index contributed by atoms with van der Waals surface area (Å²) >= 11 is 12.4. The predicted molar refractivity (Wildman–Crippen MR) is 74.8 cm³/mol. The zero-order valence-corrected chi connectivity index (χ0v) is 12.1. The maximum atomic E-state index is 6.29. The second kappa shape index (κ2) is 4.79. The number of hydrogen-bond acceptors (Lipinski definition) is 1. The van der Waals surface area contributed by atoms with Crippen molar-refractivity contribution in [3.8, 4) is 0 Å². The van der Waals surface area contributed by atoms with Crippen molar-refractivity contribution in [3.05, 3.63) is 33.8 Å². The first-order valence-corrected chi connectivity index (χ1v) is 6.89. The van der Waals surface area contributed by atoms with Crippen LogP contribution in [0, 0.1) is 11.3 Å². The van der Waals surface area contributed by atoms with Crippen molar-refractivity contribution in [1.82, 2.24) is 5.32 Å². The van der Waals surface area contributed by atoms with Crippen molar-refractivity contribution in [2.45, 2.75) is 33.2 Å². The van der Waals surface area contributed by atoms with Gasteiger partial charge in [-0.05, 0) is 48.1 Å². The summed E-state index contributed by atoms with van der Waals surface area (Å²) in [6, 6.07) is 6.04. The van der Waals surface area contributed by atoms with Crippen molar-refractivity contribution < 1.29 is 0 Å². The van der Waals surface area contributed by atoms with Crippen LogP contribution in [0.5, 0.6) is 0 Å². The second-order valence-electron chi connectivity index (χ2n) is 5.50. The van der Waals surface area contributed by atoms with Crippen LogP contribution in [0.1, 0.15) is 38.8 Å². The molecule has 1 aromatic carbocycles. The molecule has 2 unspecified atom stereocenters. The average Bonchev–Trinajstić information content (AvgIpc) is 2.88. The fraction of sp³-hybridized carbons (Fsp3) is 0.571. The molecule has 0 spiro atoms. The van der Waals surface area contributed by atoms with Crippen LogP contribution in [0.4, 0.5) is 0 Å². The summed E-state index contributed by atoms with van der Waals surface area (Å²) in [4.78, 5) is 0. The molecule has 2 rings (SSSR count). The Morgan fingerprint density at radius 3 is 2.59 bits per heavy atom. The van der Waals surface area contributed by atoms with Crippen LogP contribution >= 0.6 is 23.2 Å². The van der Waals surface area contributed by atoms with E-state index in [4.69, 9.17) is 23.2 Å². The number of nitrogens with one attached hydrogen (secondary N) is 1. The minimum atomic E-state index is 0.321. The van der Waals surface area contributed by atoms with Crippen LogP contribution in [0.2, 0.25) is 10.0 Å². The maximum Gasteiger partial charge on any atom is 0.0454 e. The van der Waals surface area contributed by atoms with E-state index in [2.05, 4.69) is 26.1 Å². The van der Waals surface area contributed by atoms with Gasteiger partial charge in [-0.1, -0.05) is 44.0 Å². The van der Waals surface area contributed by atoms with Gasteiger partial charge in [-0.2, -0.15) is 0 Å². The topological polar surface area (TPSA) is 12.0 Å². The molecule has 0 bridgehead atoms. The Labute approximate surface area is 114 Å². The Kier molecular flexibility index (Phi) is 3.72. The zero-order valence-electron chi connectivity index (χ0n) is 10.6. The van der Waals surface area contributed by atoms with Crippen LogP contribution in [0.3, 0.4) is 0 Å². The van der Waals surface area contributed by atoms with Crippen molar-refractivity contribution >= 4 is 23.2 Å². The maximum absolute atomic E-state index is 6.29. The minimum absolute atomic E-state index is 0.321. The van der Waals surface area contributed by atoms with Crippen molar-refractivity contribution in [1.29, 1.82) is 0 Å². The fourth-order valence-corrected chi connectivity index (χ4v) is 2.93. The predicted octanol–water partition coefficient (Wildman–Crippen LogP) is 4.69. The van der Waals surface area contributed by atoms with Gasteiger partial charge in [0, 0.05) is 16.1 Å². The van der Waals surface area contributed by atoms with Gasteiger partial charge < -0.3 is 5.32 Å². The molecule has 1 saturated carbocycles. The summed E-state index contributed by atoms with van der Waals surface area (Å²) in [7, 11) is 0. The number of halogens is 2. The quantitative estimate of drug-likeness (QED) is 0.838. The summed E-state index contributed by atoms with van der Waals surface area (Å²) < 4.78 is 0. The molecule has 1 N–H and O–H groups in total. The molecule has 0 saturated heterocycles. The van der Waals surface area contributed by atoms with Gasteiger partial charge in [-0.3, -0.25) is 0 Å². The molecule has 0 amide bonds. The van der Waals surface area contributed by atoms with E-state index in [9.17, 15) is 0 Å². The van der Waals surface area contributed by atoms with Crippen LogP contribution in [-0.4, -0.2) is 6.54 Å². The molecule has 1 aromatic rings. The van der Waals surface area contributed by atoms with E-state index in [0.717, 1.165) is 22.2 Å². The van der Waals surface area contributed by atoms with E-state index in [1.807, 2.05) is 18.2 Å². The Hall–Kier alpha value is -0.240. The van der Waals surface area contributed by atoms with Crippen LogP contribution in [0.15, 0.2) is 18.2 Å². The van der Waals surface area contributed by atoms with E-state index in [1.165, 1.54) is 6.42 Å². The van der Waals surface area contributed by atoms with Crippen LogP contribution in [0.25, 0.3) is 0 Å². The monoisotopic (exact) mass is 271 g/mol. The third kappa shape index (κ3) is 2.78. The molecule has 3 heteroatoms. The lowest BCUT2D eigenvalue weighted by atomic mass is 9.97. The Morgan fingerprint density at radius 1 is 1.41 bits per heavy atom. The van der Waals surface area contributed by atoms with Crippen LogP contribution < -0.4 is 5.32 Å². The molecular formula is C14H19Cl2N. The smallest absolute Gasteiger partial charge is 0.0454 e. The van der Waals surface area contributed by atoms with Gasteiger partial charge in [0.2, 0.25) is 0 Å². The third-order valence-corrected chi connectivity index (χ3v) is 4.29. The largest absolute Gasteiger partial charge is 0.310 e. The lowest BCUT2D eigenvalue weighted by molar-refractivity contribution is 0.423. The van der Waals surface area contributed by atoms with E-state index in [-0.39, 0.29) is 0 Å². The lowest BCUT2D eigenvalue weighted by Gasteiger charge is -2.21. The highest BCUT2D eigenvalue weighted by Gasteiger charge is 2.50. The van der Waals surface area contributed by atoms with Gasteiger partial charge in [-0.15, -0.1) is 0 Å². The highest BCUT2D eigenvalue weighted by molar-refractivity contribution is 6.33. The molecule has 2 atom stereocenters. The summed E-state index contributed by atoms with van der Waals surface area (Å²) in [5, 5.41) is 5.11. The van der Waals surface area contributed by atoms with Gasteiger partial charge in [-0.25, -0.2) is 0 Å². The molecule has 0 heterocycles. The molecule has 17 heavy (non-hydrogen) atoms. The van der Waals surface area contributed by atoms with Gasteiger partial charge in [0.25, 0.3) is 0 Å². The first-order chi connectivity index (χ1) is 7.95. The molecule has 1 fully saturated rings. The van der Waals surface area contributed by atoms with Crippen molar-refractivity contribution in [2.24, 2.45) is 11.3 Å². The molecule has 0 radical (unpaired) electrons. The standard InChI is InChI=1S/C14H19Cl2N/c1-4-17-13(11-8-14(11,2)3)10-7-9(15)5-6-12(10)16/h5-7,11,13,17H,4,8H2,1-3H3. The van der Waals surface area contributed by atoms with Gasteiger partial charge in [0.15, 0.2) is 0 Å². The highest BCUT2D eigenvalue weighted by Crippen LogP contribution is 2.58. The zero-order chi connectivity index (χ0) is 12.6. The van der Waals surface area contributed by atoms with Crippen molar-refractivity contribution in [2.75, 3.05) is 6.54 Å². The summed E-state index contributed by atoms with van der Waals surface area (Å²) in [6.07, 6.45) is 1.24. The van der Waals surface area contributed by atoms with Crippen molar-refractivity contribution in [3.63, 3.8) is 0 Å². The first kappa shape index (κ1) is 13.2. The van der Waals surface area contributed by atoms with Gasteiger partial charge in [0.1, 0.15) is 0 Å². The number of rotatable bonds is 4. The van der Waals surface area contributed by atoms with E-state index in [0.29, 0.717) is 17.4 Å². The van der Waals surface area contributed by atoms with E-state index < -0.39 is 0 Å². The molecular weight excluding hydrogens is 253 g/mol. The second-order valence-corrected chi connectivity index (χ2v) is 6.34. The molecule has 1 aliphatic rings. The third-order valence-electron chi connectivity index (χ3n) is 3.71. The lowest BCUT2D eigenvalue weighted by Crippen LogP contribution is -2.24. The Morgan fingerprint density at radius 2 is 2.06 bits per heavy atom. The normalized spacial score (nSPS) is 23.5. The average molecular weight is 272 g/mol. The molecule has 0 aliphatic heterocycles. The van der Waals surface area contributed by atoms with E-state index in [1.54, 1.807) is 0 Å². The summed E-state index contributed by atoms with van der Waals surface area (Å²) in [5.74, 6) is 0.651. The van der Waals surface area contributed by atoms with Gasteiger partial charge in [0.05, 0.1) is 0 Å². The summed E-state index contributed by atoms with van der Waals surface area (Å²) in [5.41, 5.74) is 1.55. The SMILES string of the molecule is CCNC(c1cc(Cl)ccc1Cl)C1CC1(C)C. The molecule has 0 aromatic heterocycles. The number of hydrogen-bond donors (Lipinski definition) is 1. The number of benzene rings is 1. The minimum Gasteiger partial charge on any atom is -0.310 e. The Balaban J connectivity index is 2.30.